The predicted molar refractivity (Wildman–Crippen MR) is 308 cm³/mol. The highest BCUT2D eigenvalue weighted by Crippen LogP contribution is 2.51. The van der Waals surface area contributed by atoms with Crippen LogP contribution in [0.2, 0.25) is 0 Å². The number of nitrogens with two attached hydrogens (primary N) is 2. The highest BCUT2D eigenvalue weighted by atomic mass is 32.2. The van der Waals surface area contributed by atoms with Crippen molar-refractivity contribution >= 4 is 75.7 Å². The molecule has 25 heteroatoms. The van der Waals surface area contributed by atoms with Crippen LogP contribution in [-0.4, -0.2) is 104 Å². The van der Waals surface area contributed by atoms with Crippen molar-refractivity contribution in [2.75, 3.05) is 9.80 Å². The summed E-state index contributed by atoms with van der Waals surface area (Å²) >= 11 is 0. The Balaban J connectivity index is 1.99. The molecule has 0 saturated heterocycles. The Morgan fingerprint density at radius 2 is 1.08 bits per heavy atom. The number of carboxylic acid groups (broad SMARTS) is 2. The number of guanidine groups is 2. The zero-order chi connectivity index (χ0) is 63.2. The monoisotopic (exact) mass is 1170 g/mol. The van der Waals surface area contributed by atoms with Gasteiger partial charge >= 0.3 is 52.4 Å². The van der Waals surface area contributed by atoms with Gasteiger partial charge in [0.15, 0.2) is 5.54 Å². The molecule has 0 aliphatic carbocycles. The second-order valence-electron chi connectivity index (χ2n) is 24.3. The molecule has 0 aromatic heterocycles. The molecule has 83 heavy (non-hydrogen) atoms. The summed E-state index contributed by atoms with van der Waals surface area (Å²) in [6.07, 6.45) is -4.04. The third-order valence-corrected chi connectivity index (χ3v) is 13.8. The van der Waals surface area contributed by atoms with Crippen molar-refractivity contribution in [3.63, 3.8) is 0 Å². The van der Waals surface area contributed by atoms with Gasteiger partial charge in [-0.1, -0.05) is 102 Å². The van der Waals surface area contributed by atoms with Gasteiger partial charge in [-0.3, -0.25) is 20.4 Å². The number of esters is 2. The molecule has 0 aliphatic heterocycles. The number of anilines is 2. The zero-order valence-corrected chi connectivity index (χ0v) is 50.2. The molecule has 4 aromatic rings. The van der Waals surface area contributed by atoms with E-state index in [2.05, 4.69) is 0 Å². The van der Waals surface area contributed by atoms with E-state index in [0.717, 1.165) is 6.07 Å². The molecule has 450 valence electrons. The van der Waals surface area contributed by atoms with Crippen molar-refractivity contribution in [3.05, 3.63) is 125 Å². The van der Waals surface area contributed by atoms with Crippen molar-refractivity contribution in [1.29, 1.82) is 10.8 Å². The Bertz CT molecular complexity index is 3230. The summed E-state index contributed by atoms with van der Waals surface area (Å²) in [5.74, 6) is -9.87. The highest BCUT2D eigenvalue weighted by molar-refractivity contribution is 7.87. The van der Waals surface area contributed by atoms with Gasteiger partial charge in [-0.15, -0.1) is 0 Å². The molecule has 4 aromatic carbocycles. The molecule has 0 saturated carbocycles. The van der Waals surface area contributed by atoms with Crippen LogP contribution in [0.15, 0.2) is 97.1 Å². The summed E-state index contributed by atoms with van der Waals surface area (Å²) in [4.78, 5) is 99.1. The number of carbonyl (C=O) groups excluding carboxylic acids is 5. The highest BCUT2D eigenvalue weighted by Gasteiger charge is 2.67. The lowest BCUT2D eigenvalue weighted by atomic mass is 9.58. The zero-order valence-electron chi connectivity index (χ0n) is 49.4. The third kappa shape index (κ3) is 16.6. The van der Waals surface area contributed by atoms with E-state index in [9.17, 15) is 43.8 Å². The lowest BCUT2D eigenvalue weighted by molar-refractivity contribution is -0.179. The Hall–Kier alpha value is -8.58. The number of amides is 3. The maximum Gasteiger partial charge on any atom is 0.425 e. The van der Waals surface area contributed by atoms with Gasteiger partial charge in [-0.05, 0) is 126 Å². The first-order valence-corrected chi connectivity index (χ1v) is 27.3. The summed E-state index contributed by atoms with van der Waals surface area (Å²) in [5.41, 5.74) is 1.07. The van der Waals surface area contributed by atoms with Crippen molar-refractivity contribution < 1.29 is 75.9 Å². The third-order valence-electron chi connectivity index (χ3n) is 12.0. The number of carboxylic acids is 2. The molecule has 8 N–H and O–H groups in total. The van der Waals surface area contributed by atoms with E-state index >= 15 is 8.42 Å². The van der Waals surface area contributed by atoms with Gasteiger partial charge in [0.25, 0.3) is 0 Å². The van der Waals surface area contributed by atoms with Gasteiger partial charge < -0.3 is 45.4 Å². The minimum absolute atomic E-state index is 0.00122. The SMILES string of the molecule is CC(C)(C)OC(=O)c1cccc(CN(C(C(=O)O)(C(C(=O)O)C(C)(C)C)C(C)(C)C)S(=O)(=O)N(Cc2ccc(OC(=O)c3cccc(N(C(=N)N)C(=O)OC(C)(C)C)c3N(C(=N)N)C(=O)OC(C)(C)C)cc2)C(=O)OCc2ccccc2)c1. The van der Waals surface area contributed by atoms with Crippen molar-refractivity contribution in [1.82, 2.24) is 8.61 Å². The Labute approximate surface area is 483 Å². The predicted octanol–water partition coefficient (Wildman–Crippen LogP) is 9.63. The van der Waals surface area contributed by atoms with Crippen LogP contribution >= 0.6 is 0 Å². The van der Waals surface area contributed by atoms with E-state index in [1.807, 2.05) is 0 Å². The first-order valence-electron chi connectivity index (χ1n) is 25.9. The molecule has 2 atom stereocenters. The number of carbonyl (C=O) groups is 7. The first kappa shape index (κ1) is 66.9. The number of nitrogens with zero attached hydrogens (tertiary/aromatic N) is 4. The van der Waals surface area contributed by atoms with Crippen LogP contribution in [0.1, 0.15) is 141 Å². The number of rotatable bonds is 17. The van der Waals surface area contributed by atoms with Gasteiger partial charge in [-0.2, -0.15) is 17.0 Å². The number of benzene rings is 4. The van der Waals surface area contributed by atoms with Crippen LogP contribution < -0.4 is 26.0 Å². The number of hydrogen-bond acceptors (Lipinski definition) is 16. The van der Waals surface area contributed by atoms with E-state index in [1.54, 1.807) is 51.1 Å². The molecule has 0 bridgehead atoms. The largest absolute Gasteiger partial charge is 0.481 e. The van der Waals surface area contributed by atoms with Crippen LogP contribution in [0.3, 0.4) is 0 Å². The number of hydrogen-bond donors (Lipinski definition) is 6. The fourth-order valence-corrected chi connectivity index (χ4v) is 10.8. The van der Waals surface area contributed by atoms with E-state index in [4.69, 9.17) is 46.0 Å². The Morgan fingerprint density at radius 3 is 1.55 bits per heavy atom. The molecule has 0 radical (unpaired) electrons. The quantitative estimate of drug-likeness (QED) is 0.0188. The van der Waals surface area contributed by atoms with Gasteiger partial charge in [-0.25, -0.2) is 33.8 Å². The standard InChI is InChI=1S/C58H76N8O16S/c1-53(2,3)43(44(67)68)58(47(71)72,54(4,5)6)64(33-37-23-19-24-38(31-37)45(69)80-55(7,8)9)83(76,77)63(50(73)78-34-36-21-17-16-18-22-36)32-35-27-29-39(30-28-35)79-46(70)40-25-20-26-41(65(48(59)60)51(74)81-56(10,11)12)42(40)66(49(61)62)52(75)82-57(13,14)15/h16-31,43H,32-34H2,1-15H3,(H3,59,60)(H3,61,62)(H,67,68)(H,71,72). The minimum Gasteiger partial charge on any atom is -0.481 e. The van der Waals surface area contributed by atoms with Gasteiger partial charge in [0.05, 0.1) is 35.0 Å². The van der Waals surface area contributed by atoms with E-state index in [0.29, 0.717) is 19.7 Å². The summed E-state index contributed by atoms with van der Waals surface area (Å²) in [6, 6.07) is 22.1. The molecule has 3 amide bonds. The molecule has 24 nitrogen and oxygen atoms in total. The number of nitrogens with one attached hydrogen (secondary N) is 2. The summed E-state index contributed by atoms with van der Waals surface area (Å²) < 4.78 is 60.7. The van der Waals surface area contributed by atoms with E-state index < -0.39 is 140 Å². The Kier molecular flexibility index (Phi) is 20.4. The number of aliphatic carboxylic acids is 2. The van der Waals surface area contributed by atoms with Crippen molar-refractivity contribution in [2.24, 2.45) is 28.2 Å². The molecule has 0 aliphatic rings. The Morgan fingerprint density at radius 1 is 0.578 bits per heavy atom. The average Bonchev–Trinajstić information content (AvgIpc) is 1.53. The van der Waals surface area contributed by atoms with Crippen molar-refractivity contribution in [2.45, 2.75) is 146 Å². The molecule has 0 spiro atoms. The second-order valence-corrected chi connectivity index (χ2v) is 26.1. The average molecular weight is 1170 g/mol. The molecule has 0 heterocycles. The summed E-state index contributed by atoms with van der Waals surface area (Å²) in [6.45, 7) is 20.1. The number of para-hydroxylation sites is 1. The van der Waals surface area contributed by atoms with E-state index in [-0.39, 0.29) is 26.7 Å². The lowest BCUT2D eigenvalue weighted by Crippen LogP contribution is -2.72. The first-order chi connectivity index (χ1) is 37.9. The van der Waals surface area contributed by atoms with Gasteiger partial charge in [0.2, 0.25) is 11.9 Å². The van der Waals surface area contributed by atoms with E-state index in [1.165, 1.54) is 144 Å². The van der Waals surface area contributed by atoms with Crippen LogP contribution in [0.4, 0.5) is 25.8 Å². The normalized spacial score (nSPS) is 13.3. The van der Waals surface area contributed by atoms with Crippen molar-refractivity contribution in [3.8, 4) is 5.75 Å². The van der Waals surface area contributed by atoms with Crippen LogP contribution in [0, 0.1) is 27.6 Å². The smallest absolute Gasteiger partial charge is 0.425 e. The second kappa shape index (κ2) is 25.3. The lowest BCUT2D eigenvalue weighted by Gasteiger charge is -2.54. The fourth-order valence-electron chi connectivity index (χ4n) is 8.87. The molecular formula is C58H76N8O16S. The van der Waals surface area contributed by atoms with Crippen LogP contribution in [0.5, 0.6) is 5.75 Å². The fraction of sp³-hybridized carbons (Fsp3) is 0.431. The maximum absolute atomic E-state index is 16.0. The summed E-state index contributed by atoms with van der Waals surface area (Å²) in [5, 5.41) is 39.6. The molecule has 4 rings (SSSR count). The molecule has 2 unspecified atom stereocenters. The maximum atomic E-state index is 16.0. The minimum atomic E-state index is -5.67. The van der Waals surface area contributed by atoms with Crippen LogP contribution in [-0.2, 0) is 58.4 Å². The van der Waals surface area contributed by atoms with Gasteiger partial charge in [0.1, 0.15) is 29.2 Å². The number of ether oxygens (including phenoxy) is 5. The molecular weight excluding hydrogens is 1100 g/mol. The molecule has 0 fully saturated rings. The topological polar surface area (TPSA) is 353 Å². The summed E-state index contributed by atoms with van der Waals surface area (Å²) in [7, 11) is -5.67. The van der Waals surface area contributed by atoms with Gasteiger partial charge in [0, 0.05) is 6.54 Å². The van der Waals surface area contributed by atoms with Crippen LogP contribution in [0.25, 0.3) is 0 Å².